The molecule has 0 fully saturated rings. The molecule has 0 saturated carbocycles. The van der Waals surface area contributed by atoms with E-state index in [2.05, 4.69) is 15.9 Å². The highest BCUT2D eigenvalue weighted by Gasteiger charge is 1.99. The maximum Gasteiger partial charge on any atom is 0.171 e. The Morgan fingerprint density at radius 1 is 1.29 bits per heavy atom. The van der Waals surface area contributed by atoms with Crippen LogP contribution in [0.5, 0.6) is 0 Å². The number of halogens is 1. The van der Waals surface area contributed by atoms with Crippen molar-refractivity contribution in [1.82, 2.24) is 0 Å². The van der Waals surface area contributed by atoms with Crippen molar-refractivity contribution < 1.29 is 8.42 Å². The molecule has 0 aliphatic rings. The minimum atomic E-state index is -3.02. The van der Waals surface area contributed by atoms with Gasteiger partial charge in [-0.3, -0.25) is 0 Å². The van der Waals surface area contributed by atoms with Crippen LogP contribution in [0.4, 0.5) is 0 Å². The van der Waals surface area contributed by atoms with Crippen LogP contribution in [0.25, 0.3) is 6.08 Å². The molecule has 0 unspecified atom stereocenters. The fourth-order valence-electron chi connectivity index (χ4n) is 0.852. The molecule has 0 N–H and O–H groups in total. The molecule has 0 bridgehead atoms. The number of hydrogen-bond donors (Lipinski definition) is 0. The molecule has 0 amide bonds. The third-order valence-corrected chi connectivity index (χ3v) is 3.62. The molecular formula is C10H11BrO2S. The largest absolute Gasteiger partial charge is 0.224 e. The number of hydrogen-bond acceptors (Lipinski definition) is 2. The molecule has 0 aliphatic heterocycles. The van der Waals surface area contributed by atoms with E-state index in [1.807, 2.05) is 24.3 Å². The monoisotopic (exact) mass is 274 g/mol. The highest BCUT2D eigenvalue weighted by molar-refractivity contribution is 9.10. The molecule has 0 saturated heterocycles. The van der Waals surface area contributed by atoms with Crippen LogP contribution in [0, 0.1) is 0 Å². The average Bonchev–Trinajstić information content (AvgIpc) is 2.17. The molecule has 0 atom stereocenters. The Bertz CT molecular complexity index is 418. The summed E-state index contributed by atoms with van der Waals surface area (Å²) < 4.78 is 23.3. The first-order chi connectivity index (χ1) is 6.53. The molecule has 0 radical (unpaired) electrons. The molecule has 0 aromatic heterocycles. The highest BCUT2D eigenvalue weighted by atomic mass is 79.9. The standard InChI is InChI=1S/C10H11BrO2S/c1-2-14(12,13)8-7-9-3-5-10(11)6-4-9/h3-8H,2H2,1H3/b8-7+. The van der Waals surface area contributed by atoms with E-state index in [4.69, 9.17) is 0 Å². The maximum absolute atomic E-state index is 11.1. The van der Waals surface area contributed by atoms with Crippen LogP contribution >= 0.6 is 15.9 Å². The minimum absolute atomic E-state index is 0.139. The molecule has 14 heavy (non-hydrogen) atoms. The van der Waals surface area contributed by atoms with Crippen molar-refractivity contribution in [3.63, 3.8) is 0 Å². The second-order valence-electron chi connectivity index (χ2n) is 2.81. The van der Waals surface area contributed by atoms with Crippen molar-refractivity contribution in [2.45, 2.75) is 6.92 Å². The zero-order valence-corrected chi connectivity index (χ0v) is 10.2. The second kappa shape index (κ2) is 4.75. The van der Waals surface area contributed by atoms with Gasteiger partial charge in [0.05, 0.1) is 5.75 Å². The summed E-state index contributed by atoms with van der Waals surface area (Å²) in [7, 11) is -3.02. The van der Waals surface area contributed by atoms with E-state index in [-0.39, 0.29) is 5.75 Å². The minimum Gasteiger partial charge on any atom is -0.224 e. The summed E-state index contributed by atoms with van der Waals surface area (Å²) >= 11 is 3.31. The fraction of sp³-hybridized carbons (Fsp3) is 0.200. The predicted molar refractivity (Wildman–Crippen MR) is 62.6 cm³/mol. The molecule has 1 rings (SSSR count). The lowest BCUT2D eigenvalue weighted by atomic mass is 10.2. The maximum atomic E-state index is 11.1. The van der Waals surface area contributed by atoms with Crippen molar-refractivity contribution in [2.24, 2.45) is 0 Å². The Morgan fingerprint density at radius 2 is 1.86 bits per heavy atom. The smallest absolute Gasteiger partial charge is 0.171 e. The van der Waals surface area contributed by atoms with Gasteiger partial charge in [0, 0.05) is 9.88 Å². The summed E-state index contributed by atoms with van der Waals surface area (Å²) in [5.41, 5.74) is 0.880. The van der Waals surface area contributed by atoms with E-state index in [1.165, 1.54) is 5.41 Å². The third-order valence-electron chi connectivity index (χ3n) is 1.74. The highest BCUT2D eigenvalue weighted by Crippen LogP contribution is 2.12. The van der Waals surface area contributed by atoms with Gasteiger partial charge in [0.25, 0.3) is 0 Å². The Hall–Kier alpha value is -0.610. The SMILES string of the molecule is CCS(=O)(=O)/C=C/c1ccc(Br)cc1. The first-order valence-electron chi connectivity index (χ1n) is 4.20. The molecule has 0 aliphatic carbocycles. The zero-order valence-electron chi connectivity index (χ0n) is 7.77. The Labute approximate surface area is 92.7 Å². The number of benzene rings is 1. The lowest BCUT2D eigenvalue weighted by molar-refractivity contribution is 0.606. The van der Waals surface area contributed by atoms with E-state index in [1.54, 1.807) is 13.0 Å². The normalized spacial score (nSPS) is 12.1. The Morgan fingerprint density at radius 3 is 2.36 bits per heavy atom. The van der Waals surface area contributed by atoms with E-state index in [9.17, 15) is 8.42 Å². The molecule has 0 heterocycles. The second-order valence-corrected chi connectivity index (χ2v) is 5.90. The Kier molecular flexibility index (Phi) is 3.89. The molecule has 1 aromatic carbocycles. The van der Waals surface area contributed by atoms with E-state index < -0.39 is 9.84 Å². The van der Waals surface area contributed by atoms with Crippen LogP contribution in [0.1, 0.15) is 12.5 Å². The Balaban J connectivity index is 2.84. The average molecular weight is 275 g/mol. The van der Waals surface area contributed by atoms with Crippen molar-refractivity contribution in [3.05, 3.63) is 39.7 Å². The van der Waals surface area contributed by atoms with Crippen molar-refractivity contribution in [3.8, 4) is 0 Å². The van der Waals surface area contributed by atoms with Gasteiger partial charge in [-0.15, -0.1) is 0 Å². The van der Waals surface area contributed by atoms with Crippen molar-refractivity contribution in [1.29, 1.82) is 0 Å². The van der Waals surface area contributed by atoms with Gasteiger partial charge < -0.3 is 0 Å². The van der Waals surface area contributed by atoms with Crippen molar-refractivity contribution in [2.75, 3.05) is 5.75 Å². The number of sulfone groups is 1. The first-order valence-corrected chi connectivity index (χ1v) is 6.71. The van der Waals surface area contributed by atoms with Gasteiger partial charge in [-0.05, 0) is 23.8 Å². The van der Waals surface area contributed by atoms with Gasteiger partial charge in [0.2, 0.25) is 0 Å². The molecule has 4 heteroatoms. The summed E-state index contributed by atoms with van der Waals surface area (Å²) in [6, 6.07) is 7.45. The molecular weight excluding hydrogens is 264 g/mol. The summed E-state index contributed by atoms with van der Waals surface area (Å²) in [6.45, 7) is 1.63. The molecule has 76 valence electrons. The van der Waals surface area contributed by atoms with Crippen LogP contribution in [-0.2, 0) is 9.84 Å². The topological polar surface area (TPSA) is 34.1 Å². The van der Waals surface area contributed by atoms with Crippen LogP contribution in [0.15, 0.2) is 34.1 Å². The molecule has 0 spiro atoms. The van der Waals surface area contributed by atoms with Gasteiger partial charge in [-0.1, -0.05) is 35.0 Å². The molecule has 1 aromatic rings. The van der Waals surface area contributed by atoms with Crippen LogP contribution in [0.2, 0.25) is 0 Å². The van der Waals surface area contributed by atoms with E-state index in [0.29, 0.717) is 0 Å². The van der Waals surface area contributed by atoms with Gasteiger partial charge >= 0.3 is 0 Å². The quantitative estimate of drug-likeness (QED) is 0.850. The summed E-state index contributed by atoms with van der Waals surface area (Å²) in [6.07, 6.45) is 1.60. The van der Waals surface area contributed by atoms with Crippen molar-refractivity contribution >= 4 is 31.8 Å². The predicted octanol–water partition coefficient (Wildman–Crippen LogP) is 2.85. The van der Waals surface area contributed by atoms with Gasteiger partial charge in [-0.25, -0.2) is 8.42 Å². The van der Waals surface area contributed by atoms with Gasteiger partial charge in [0.15, 0.2) is 9.84 Å². The van der Waals surface area contributed by atoms with Crippen LogP contribution in [0.3, 0.4) is 0 Å². The lowest BCUT2D eigenvalue weighted by Crippen LogP contribution is -1.96. The first kappa shape index (κ1) is 11.5. The van der Waals surface area contributed by atoms with E-state index >= 15 is 0 Å². The lowest BCUT2D eigenvalue weighted by Gasteiger charge is -1.94. The molecule has 2 nitrogen and oxygen atoms in total. The van der Waals surface area contributed by atoms with Gasteiger partial charge in [0.1, 0.15) is 0 Å². The summed E-state index contributed by atoms with van der Waals surface area (Å²) in [4.78, 5) is 0. The van der Waals surface area contributed by atoms with Crippen LogP contribution < -0.4 is 0 Å². The van der Waals surface area contributed by atoms with Gasteiger partial charge in [-0.2, -0.15) is 0 Å². The van der Waals surface area contributed by atoms with E-state index in [0.717, 1.165) is 10.0 Å². The summed E-state index contributed by atoms with van der Waals surface area (Å²) in [5.74, 6) is 0.139. The van der Waals surface area contributed by atoms with Crippen LogP contribution in [-0.4, -0.2) is 14.2 Å². The zero-order chi connectivity index (χ0) is 10.6. The summed E-state index contributed by atoms with van der Waals surface area (Å²) in [5, 5.41) is 1.25. The fourth-order valence-corrected chi connectivity index (χ4v) is 1.67. The number of rotatable bonds is 3. The third kappa shape index (κ3) is 3.64.